The Kier molecular flexibility index (Phi) is 5.66. The lowest BCUT2D eigenvalue weighted by molar-refractivity contribution is -0.0168. The van der Waals surface area contributed by atoms with Crippen molar-refractivity contribution in [2.75, 3.05) is 25.4 Å². The zero-order valence-corrected chi connectivity index (χ0v) is 12.8. The van der Waals surface area contributed by atoms with E-state index in [2.05, 4.69) is 0 Å². The van der Waals surface area contributed by atoms with E-state index >= 15 is 0 Å². The van der Waals surface area contributed by atoms with Crippen molar-refractivity contribution >= 4 is 10.0 Å². The smallest absolute Gasteiger partial charge is 0.214 e. The van der Waals surface area contributed by atoms with Crippen LogP contribution in [-0.2, 0) is 14.8 Å². The van der Waals surface area contributed by atoms with Crippen LogP contribution in [0.4, 0.5) is 0 Å². The quantitative estimate of drug-likeness (QED) is 0.781. The molecule has 1 saturated heterocycles. The molecule has 0 N–H and O–H groups in total. The van der Waals surface area contributed by atoms with Crippen molar-refractivity contribution in [3.8, 4) is 0 Å². The molecule has 0 aromatic heterocycles. The van der Waals surface area contributed by atoms with E-state index in [-0.39, 0.29) is 11.9 Å². The first kappa shape index (κ1) is 15.3. The number of ether oxygens (including phenoxy) is 1. The average molecular weight is 289 g/mol. The maximum absolute atomic E-state index is 12.1. The molecule has 4 nitrogen and oxygen atoms in total. The van der Waals surface area contributed by atoms with Crippen molar-refractivity contribution < 1.29 is 13.2 Å². The Hall–Kier alpha value is -0.130. The number of rotatable bonds is 5. The van der Waals surface area contributed by atoms with Gasteiger partial charge in [-0.1, -0.05) is 39.0 Å². The Morgan fingerprint density at radius 1 is 1.21 bits per heavy atom. The Bertz CT molecular complexity index is 363. The summed E-state index contributed by atoms with van der Waals surface area (Å²) >= 11 is 0. The van der Waals surface area contributed by atoms with Crippen LogP contribution in [0, 0.1) is 5.92 Å². The van der Waals surface area contributed by atoms with Crippen LogP contribution in [0.1, 0.15) is 51.9 Å². The van der Waals surface area contributed by atoms with Gasteiger partial charge in [0.05, 0.1) is 18.5 Å². The van der Waals surface area contributed by atoms with Gasteiger partial charge in [-0.3, -0.25) is 0 Å². The fourth-order valence-corrected chi connectivity index (χ4v) is 4.79. The first-order valence-corrected chi connectivity index (χ1v) is 9.32. The van der Waals surface area contributed by atoms with Crippen molar-refractivity contribution in [3.05, 3.63) is 0 Å². The molecule has 2 aliphatic rings. The zero-order chi connectivity index (χ0) is 13.7. The van der Waals surface area contributed by atoms with E-state index in [1.54, 1.807) is 4.31 Å². The van der Waals surface area contributed by atoms with E-state index in [0.29, 0.717) is 26.1 Å². The van der Waals surface area contributed by atoms with Crippen LogP contribution in [0.2, 0.25) is 0 Å². The van der Waals surface area contributed by atoms with Crippen molar-refractivity contribution in [3.63, 3.8) is 0 Å². The lowest BCUT2D eigenvalue weighted by Gasteiger charge is -2.34. The monoisotopic (exact) mass is 289 g/mol. The molecule has 1 heterocycles. The van der Waals surface area contributed by atoms with Gasteiger partial charge in [-0.2, -0.15) is 4.31 Å². The minimum Gasteiger partial charge on any atom is -0.375 e. The van der Waals surface area contributed by atoms with Gasteiger partial charge in [0.1, 0.15) is 0 Å². The second-order valence-corrected chi connectivity index (χ2v) is 8.00. The van der Waals surface area contributed by atoms with Crippen LogP contribution in [0.5, 0.6) is 0 Å². The normalized spacial score (nSPS) is 27.5. The first-order valence-electron chi connectivity index (χ1n) is 7.71. The molecule has 2 fully saturated rings. The van der Waals surface area contributed by atoms with Gasteiger partial charge in [0, 0.05) is 13.1 Å². The van der Waals surface area contributed by atoms with Crippen molar-refractivity contribution in [2.45, 2.75) is 58.0 Å². The molecule has 2 rings (SSSR count). The summed E-state index contributed by atoms with van der Waals surface area (Å²) in [5.41, 5.74) is 0. The van der Waals surface area contributed by atoms with Gasteiger partial charge in [-0.25, -0.2) is 8.42 Å². The highest BCUT2D eigenvalue weighted by atomic mass is 32.2. The number of morpholine rings is 1. The van der Waals surface area contributed by atoms with Gasteiger partial charge in [-0.05, 0) is 18.8 Å². The summed E-state index contributed by atoms with van der Waals surface area (Å²) in [6.07, 6.45) is 8.45. The van der Waals surface area contributed by atoms with E-state index in [4.69, 9.17) is 4.74 Å². The van der Waals surface area contributed by atoms with Crippen LogP contribution in [-0.4, -0.2) is 44.3 Å². The van der Waals surface area contributed by atoms with Gasteiger partial charge in [0.25, 0.3) is 0 Å². The zero-order valence-electron chi connectivity index (χ0n) is 12.0. The molecule has 1 aliphatic heterocycles. The molecule has 0 radical (unpaired) electrons. The Balaban J connectivity index is 1.86. The van der Waals surface area contributed by atoms with Gasteiger partial charge >= 0.3 is 0 Å². The third-order valence-corrected chi connectivity index (χ3v) is 6.32. The van der Waals surface area contributed by atoms with Crippen molar-refractivity contribution in [2.24, 2.45) is 5.92 Å². The molecule has 0 spiro atoms. The highest BCUT2D eigenvalue weighted by Crippen LogP contribution is 2.29. The molecular weight excluding hydrogens is 262 g/mol. The summed E-state index contributed by atoms with van der Waals surface area (Å²) in [4.78, 5) is 0. The second kappa shape index (κ2) is 7.04. The number of hydrogen-bond acceptors (Lipinski definition) is 3. The van der Waals surface area contributed by atoms with Crippen LogP contribution in [0.15, 0.2) is 0 Å². The highest BCUT2D eigenvalue weighted by molar-refractivity contribution is 7.89. The van der Waals surface area contributed by atoms with Gasteiger partial charge in [0.2, 0.25) is 10.0 Å². The number of sulfonamides is 1. The molecule has 1 saturated carbocycles. The summed E-state index contributed by atoms with van der Waals surface area (Å²) in [7, 11) is -3.05. The van der Waals surface area contributed by atoms with E-state index in [9.17, 15) is 8.42 Å². The molecule has 19 heavy (non-hydrogen) atoms. The van der Waals surface area contributed by atoms with E-state index < -0.39 is 10.0 Å². The summed E-state index contributed by atoms with van der Waals surface area (Å²) in [5.74, 6) is 1.01. The molecule has 0 unspecified atom stereocenters. The maximum Gasteiger partial charge on any atom is 0.214 e. The van der Waals surface area contributed by atoms with E-state index in [1.807, 2.05) is 6.92 Å². The molecule has 0 aromatic carbocycles. The first-order chi connectivity index (χ1) is 9.12. The van der Waals surface area contributed by atoms with Crippen LogP contribution >= 0.6 is 0 Å². The fraction of sp³-hybridized carbons (Fsp3) is 1.00. The van der Waals surface area contributed by atoms with Gasteiger partial charge in [-0.15, -0.1) is 0 Å². The molecule has 112 valence electrons. The molecule has 1 atom stereocenters. The molecule has 1 aliphatic carbocycles. The van der Waals surface area contributed by atoms with Crippen molar-refractivity contribution in [1.82, 2.24) is 4.31 Å². The van der Waals surface area contributed by atoms with Crippen LogP contribution in [0.25, 0.3) is 0 Å². The topological polar surface area (TPSA) is 46.6 Å². The summed E-state index contributed by atoms with van der Waals surface area (Å²) < 4.78 is 31.6. The third-order valence-electron chi connectivity index (χ3n) is 4.28. The molecule has 0 aromatic rings. The Morgan fingerprint density at radius 3 is 2.63 bits per heavy atom. The lowest BCUT2D eigenvalue weighted by atomic mass is 9.85. The predicted octanol–water partition coefficient (Wildman–Crippen LogP) is 2.40. The lowest BCUT2D eigenvalue weighted by Crippen LogP contribution is -2.46. The maximum atomic E-state index is 12.1. The Labute approximate surface area is 117 Å². The summed E-state index contributed by atoms with van der Waals surface area (Å²) in [6, 6.07) is 0. The average Bonchev–Trinajstić information content (AvgIpc) is 2.40. The largest absolute Gasteiger partial charge is 0.375 e. The Morgan fingerprint density at radius 2 is 1.95 bits per heavy atom. The van der Waals surface area contributed by atoms with E-state index in [1.165, 1.54) is 32.1 Å². The summed E-state index contributed by atoms with van der Waals surface area (Å²) in [5, 5.41) is 0. The molecular formula is C14H27NO3S. The fourth-order valence-electron chi connectivity index (χ4n) is 3.27. The third kappa shape index (κ3) is 4.43. The molecule has 0 bridgehead atoms. The number of nitrogens with zero attached hydrogens (tertiary/aromatic N) is 1. The van der Waals surface area contributed by atoms with E-state index in [0.717, 1.165) is 12.3 Å². The second-order valence-electron chi connectivity index (χ2n) is 5.91. The van der Waals surface area contributed by atoms with Gasteiger partial charge < -0.3 is 4.74 Å². The minimum absolute atomic E-state index is 0.114. The summed E-state index contributed by atoms with van der Waals surface area (Å²) in [6.45, 7) is 3.57. The van der Waals surface area contributed by atoms with Crippen LogP contribution in [0.3, 0.4) is 0 Å². The number of hydrogen-bond donors (Lipinski definition) is 0. The van der Waals surface area contributed by atoms with Crippen molar-refractivity contribution in [1.29, 1.82) is 0 Å². The van der Waals surface area contributed by atoms with Crippen LogP contribution < -0.4 is 0 Å². The van der Waals surface area contributed by atoms with Gasteiger partial charge in [0.15, 0.2) is 0 Å². The predicted molar refractivity (Wildman–Crippen MR) is 76.6 cm³/mol. The minimum atomic E-state index is -3.05. The highest BCUT2D eigenvalue weighted by Gasteiger charge is 2.30. The SMILES string of the molecule is CCCS(=O)(=O)N1CCO[C@H](CC2CCCCC2)C1. The molecule has 0 amide bonds. The standard InChI is InChI=1S/C14H27NO3S/c1-2-10-19(16,17)15-8-9-18-14(12-15)11-13-6-4-3-5-7-13/h13-14H,2-12H2,1H3/t14-/m1/s1. The molecule has 5 heteroatoms.